The van der Waals surface area contributed by atoms with Crippen molar-refractivity contribution in [3.8, 4) is 0 Å². The highest BCUT2D eigenvalue weighted by Gasteiger charge is 2.26. The highest BCUT2D eigenvalue weighted by atomic mass is 16.1. The molecule has 0 aliphatic heterocycles. The molecule has 5 heteroatoms. The maximum Gasteiger partial charge on any atom is 0.252 e. The van der Waals surface area contributed by atoms with Crippen LogP contribution in [0, 0.1) is 0 Å². The molecule has 1 saturated carbocycles. The van der Waals surface area contributed by atoms with Crippen LogP contribution in [0.25, 0.3) is 0 Å². The van der Waals surface area contributed by atoms with Gasteiger partial charge in [0.25, 0.3) is 5.56 Å². The van der Waals surface area contributed by atoms with Gasteiger partial charge in [-0.15, -0.1) is 0 Å². The van der Waals surface area contributed by atoms with E-state index in [-0.39, 0.29) is 11.6 Å². The van der Waals surface area contributed by atoms with Gasteiger partial charge in [0.1, 0.15) is 11.6 Å². The summed E-state index contributed by atoms with van der Waals surface area (Å²) in [6.45, 7) is 2.04. The van der Waals surface area contributed by atoms with Gasteiger partial charge in [0.15, 0.2) is 0 Å². The van der Waals surface area contributed by atoms with Gasteiger partial charge in [-0.3, -0.25) is 9.78 Å². The van der Waals surface area contributed by atoms with Crippen molar-refractivity contribution in [2.45, 2.75) is 31.7 Å². The van der Waals surface area contributed by atoms with Crippen LogP contribution in [0.4, 0.5) is 5.82 Å². The largest absolute Gasteiger partial charge is 0.363 e. The summed E-state index contributed by atoms with van der Waals surface area (Å²) >= 11 is 0. The van der Waals surface area contributed by atoms with Crippen molar-refractivity contribution in [1.29, 1.82) is 0 Å². The van der Waals surface area contributed by atoms with Crippen LogP contribution in [-0.4, -0.2) is 15.0 Å². The van der Waals surface area contributed by atoms with Crippen LogP contribution in [0.15, 0.2) is 35.4 Å². The van der Waals surface area contributed by atoms with Gasteiger partial charge in [0, 0.05) is 24.4 Å². The predicted octanol–water partition coefficient (Wildman–Crippen LogP) is 2.22. The minimum absolute atomic E-state index is 0.0874. The van der Waals surface area contributed by atoms with Crippen LogP contribution < -0.4 is 10.9 Å². The minimum Gasteiger partial charge on any atom is -0.363 e. The highest BCUT2D eigenvalue weighted by molar-refractivity contribution is 5.37. The number of rotatable bonds is 4. The number of anilines is 1. The van der Waals surface area contributed by atoms with Crippen molar-refractivity contribution in [3.05, 3.63) is 52.3 Å². The Balaban J connectivity index is 1.81. The fourth-order valence-corrected chi connectivity index (χ4v) is 2.06. The van der Waals surface area contributed by atoms with Gasteiger partial charge in [0.2, 0.25) is 0 Å². The standard InChI is InChI=1S/C14H16N4O/c1-9(10-4-6-15-7-5-10)16-12-8-13(19)18-14(17-12)11-2-3-11/h4-9,11H,2-3H2,1H3,(H2,16,17,18,19). The molecule has 2 N–H and O–H groups in total. The zero-order chi connectivity index (χ0) is 13.2. The Hall–Kier alpha value is -2.17. The van der Waals surface area contributed by atoms with E-state index in [1.165, 1.54) is 6.07 Å². The lowest BCUT2D eigenvalue weighted by Gasteiger charge is -2.14. The normalized spacial score (nSPS) is 16.1. The zero-order valence-corrected chi connectivity index (χ0v) is 10.8. The molecule has 0 amide bonds. The molecular formula is C14H16N4O. The second kappa shape index (κ2) is 4.84. The lowest BCUT2D eigenvalue weighted by atomic mass is 10.1. The average molecular weight is 256 g/mol. The first-order valence-electron chi connectivity index (χ1n) is 6.50. The number of nitrogens with zero attached hydrogens (tertiary/aromatic N) is 2. The van der Waals surface area contributed by atoms with E-state index >= 15 is 0 Å². The lowest BCUT2D eigenvalue weighted by molar-refractivity contribution is 0.846. The first-order valence-corrected chi connectivity index (χ1v) is 6.50. The molecule has 19 heavy (non-hydrogen) atoms. The van der Waals surface area contributed by atoms with E-state index in [2.05, 4.69) is 20.3 Å². The van der Waals surface area contributed by atoms with Gasteiger partial charge in [-0.2, -0.15) is 0 Å². The molecule has 2 aromatic rings. The molecule has 1 fully saturated rings. The molecule has 98 valence electrons. The maximum atomic E-state index is 11.6. The van der Waals surface area contributed by atoms with Crippen molar-refractivity contribution >= 4 is 5.82 Å². The number of aromatic amines is 1. The van der Waals surface area contributed by atoms with Gasteiger partial charge in [-0.1, -0.05) is 0 Å². The number of nitrogens with one attached hydrogen (secondary N) is 2. The third kappa shape index (κ3) is 2.81. The number of hydrogen-bond acceptors (Lipinski definition) is 4. The Labute approximate surface area is 111 Å². The molecule has 0 aromatic carbocycles. The average Bonchev–Trinajstić information content (AvgIpc) is 3.23. The Morgan fingerprint density at radius 3 is 2.79 bits per heavy atom. The van der Waals surface area contributed by atoms with Gasteiger partial charge in [0.05, 0.1) is 6.04 Å². The van der Waals surface area contributed by atoms with E-state index in [4.69, 9.17) is 0 Å². The number of aromatic nitrogens is 3. The second-order valence-corrected chi connectivity index (χ2v) is 4.94. The van der Waals surface area contributed by atoms with Crippen molar-refractivity contribution in [1.82, 2.24) is 15.0 Å². The molecule has 0 bridgehead atoms. The molecular weight excluding hydrogens is 240 g/mol. The Bertz CT molecular complexity index is 619. The quantitative estimate of drug-likeness (QED) is 0.880. The van der Waals surface area contributed by atoms with E-state index < -0.39 is 0 Å². The van der Waals surface area contributed by atoms with Crippen LogP contribution in [0.5, 0.6) is 0 Å². The summed E-state index contributed by atoms with van der Waals surface area (Å²) in [6.07, 6.45) is 5.75. The molecule has 1 aliphatic carbocycles. The third-order valence-electron chi connectivity index (χ3n) is 3.29. The molecule has 2 heterocycles. The summed E-state index contributed by atoms with van der Waals surface area (Å²) < 4.78 is 0. The molecule has 2 aromatic heterocycles. The molecule has 1 aliphatic rings. The van der Waals surface area contributed by atoms with Crippen molar-refractivity contribution < 1.29 is 0 Å². The first kappa shape index (κ1) is 11.9. The summed E-state index contributed by atoms with van der Waals surface area (Å²) in [4.78, 5) is 22.9. The molecule has 1 unspecified atom stereocenters. The lowest BCUT2D eigenvalue weighted by Crippen LogP contribution is -2.15. The Kier molecular flexibility index (Phi) is 3.03. The van der Waals surface area contributed by atoms with Crippen molar-refractivity contribution in [3.63, 3.8) is 0 Å². The fraction of sp³-hybridized carbons (Fsp3) is 0.357. The summed E-state index contributed by atoms with van der Waals surface area (Å²) in [7, 11) is 0. The minimum atomic E-state index is -0.0960. The van der Waals surface area contributed by atoms with Gasteiger partial charge < -0.3 is 10.3 Å². The second-order valence-electron chi connectivity index (χ2n) is 4.94. The van der Waals surface area contributed by atoms with Crippen LogP contribution in [0.3, 0.4) is 0 Å². The van der Waals surface area contributed by atoms with Crippen LogP contribution in [-0.2, 0) is 0 Å². The zero-order valence-electron chi connectivity index (χ0n) is 10.8. The SMILES string of the molecule is CC(Nc1cc(=O)[nH]c(C2CC2)n1)c1ccncc1. The Morgan fingerprint density at radius 1 is 1.37 bits per heavy atom. The van der Waals surface area contributed by atoms with Gasteiger partial charge in [-0.25, -0.2) is 4.98 Å². The van der Waals surface area contributed by atoms with Crippen LogP contribution in [0.2, 0.25) is 0 Å². The van der Waals surface area contributed by atoms with E-state index in [0.29, 0.717) is 11.7 Å². The predicted molar refractivity (Wildman–Crippen MR) is 73.1 cm³/mol. The Morgan fingerprint density at radius 2 is 2.11 bits per heavy atom. The first-order chi connectivity index (χ1) is 9.22. The summed E-state index contributed by atoms with van der Waals surface area (Å²) in [5, 5.41) is 3.26. The van der Waals surface area contributed by atoms with Crippen LogP contribution >= 0.6 is 0 Å². The molecule has 1 atom stereocenters. The van der Waals surface area contributed by atoms with Crippen molar-refractivity contribution in [2.75, 3.05) is 5.32 Å². The van der Waals surface area contributed by atoms with E-state index in [9.17, 15) is 4.79 Å². The van der Waals surface area contributed by atoms with Crippen LogP contribution in [0.1, 0.15) is 43.1 Å². The molecule has 0 spiro atoms. The molecule has 5 nitrogen and oxygen atoms in total. The molecule has 3 rings (SSSR count). The smallest absolute Gasteiger partial charge is 0.252 e. The van der Waals surface area contributed by atoms with E-state index in [0.717, 1.165) is 24.2 Å². The monoisotopic (exact) mass is 256 g/mol. The number of hydrogen-bond donors (Lipinski definition) is 2. The van der Waals surface area contributed by atoms with Gasteiger partial charge in [-0.05, 0) is 37.5 Å². The van der Waals surface area contributed by atoms with Crippen molar-refractivity contribution in [2.24, 2.45) is 0 Å². The fourth-order valence-electron chi connectivity index (χ4n) is 2.06. The summed E-state index contributed by atoms with van der Waals surface area (Å²) in [5.74, 6) is 1.87. The third-order valence-corrected chi connectivity index (χ3v) is 3.29. The van der Waals surface area contributed by atoms with E-state index in [1.54, 1.807) is 12.4 Å². The summed E-state index contributed by atoms with van der Waals surface area (Å²) in [6, 6.07) is 5.49. The summed E-state index contributed by atoms with van der Waals surface area (Å²) in [5.41, 5.74) is 1.02. The maximum absolute atomic E-state index is 11.6. The number of pyridine rings is 1. The van der Waals surface area contributed by atoms with Gasteiger partial charge >= 0.3 is 0 Å². The highest BCUT2D eigenvalue weighted by Crippen LogP contribution is 2.37. The molecule has 0 saturated heterocycles. The number of H-pyrrole nitrogens is 1. The van der Waals surface area contributed by atoms with E-state index in [1.807, 2.05) is 19.1 Å². The molecule has 0 radical (unpaired) electrons. The topological polar surface area (TPSA) is 70.7 Å².